The number of fused-ring (bicyclic) bond motifs is 3. The molecule has 126 valence electrons. The summed E-state index contributed by atoms with van der Waals surface area (Å²) >= 11 is 0. The molecule has 1 N–H and O–H groups in total. The summed E-state index contributed by atoms with van der Waals surface area (Å²) in [5.41, 5.74) is 0.972. The molecule has 0 atom stereocenters. The lowest BCUT2D eigenvalue weighted by atomic mass is 10.2. The van der Waals surface area contributed by atoms with E-state index in [2.05, 4.69) is 15.2 Å². The molecule has 0 saturated heterocycles. The summed E-state index contributed by atoms with van der Waals surface area (Å²) in [4.78, 5) is 30.8. The molecule has 0 bridgehead atoms. The Balaban J connectivity index is 1.76. The lowest BCUT2D eigenvalue weighted by Gasteiger charge is -2.10. The fourth-order valence-electron chi connectivity index (χ4n) is 2.56. The van der Waals surface area contributed by atoms with Gasteiger partial charge in [-0.15, -0.1) is 0 Å². The molecular weight excluding hydrogens is 308 g/mol. The van der Waals surface area contributed by atoms with Gasteiger partial charge < -0.3 is 14.6 Å². The van der Waals surface area contributed by atoms with E-state index in [0.717, 1.165) is 18.4 Å². The van der Waals surface area contributed by atoms with Crippen LogP contribution in [0.25, 0.3) is 22.1 Å². The van der Waals surface area contributed by atoms with E-state index in [0.29, 0.717) is 17.6 Å². The van der Waals surface area contributed by atoms with Gasteiger partial charge in [0.15, 0.2) is 0 Å². The molecule has 0 aliphatic heterocycles. The molecule has 0 fully saturated rings. The Kier molecular flexibility index (Phi) is 4.61. The summed E-state index contributed by atoms with van der Waals surface area (Å²) in [6, 6.07) is 7.35. The second-order valence-electron chi connectivity index (χ2n) is 5.96. The van der Waals surface area contributed by atoms with Gasteiger partial charge in [-0.2, -0.15) is 0 Å². The monoisotopic (exact) mass is 328 g/mol. The van der Waals surface area contributed by atoms with Crippen molar-refractivity contribution in [1.82, 2.24) is 19.8 Å². The van der Waals surface area contributed by atoms with E-state index in [1.165, 1.54) is 10.9 Å². The Bertz CT molecular complexity index is 926. The van der Waals surface area contributed by atoms with Crippen LogP contribution in [-0.4, -0.2) is 47.5 Å². The number of benzene rings is 1. The normalized spacial score (nSPS) is 11.5. The maximum absolute atomic E-state index is 12.5. The van der Waals surface area contributed by atoms with Gasteiger partial charge in [-0.25, -0.2) is 4.98 Å². The summed E-state index contributed by atoms with van der Waals surface area (Å²) in [6.45, 7) is 1.40. The standard InChI is InChI=1S/C17H20N4O3/c1-20(2)9-5-8-18-14(22)10-21-11-19-15-12-6-3-4-7-13(12)24-16(15)17(21)23/h3-4,6-7,11H,5,8-10H2,1-2H3,(H,18,22). The number of hydrogen-bond donors (Lipinski definition) is 1. The van der Waals surface area contributed by atoms with Crippen LogP contribution in [0.1, 0.15) is 6.42 Å². The minimum atomic E-state index is -0.348. The Morgan fingerprint density at radius 3 is 2.92 bits per heavy atom. The van der Waals surface area contributed by atoms with E-state index in [-0.39, 0.29) is 23.6 Å². The third kappa shape index (κ3) is 3.30. The Morgan fingerprint density at radius 2 is 2.12 bits per heavy atom. The summed E-state index contributed by atoms with van der Waals surface area (Å²) < 4.78 is 6.87. The lowest BCUT2D eigenvalue weighted by Crippen LogP contribution is -2.33. The summed E-state index contributed by atoms with van der Waals surface area (Å²) in [6.07, 6.45) is 2.25. The maximum Gasteiger partial charge on any atom is 0.297 e. The number of nitrogens with zero attached hydrogens (tertiary/aromatic N) is 3. The molecular formula is C17H20N4O3. The van der Waals surface area contributed by atoms with Gasteiger partial charge in [0.1, 0.15) is 17.6 Å². The third-order valence-electron chi connectivity index (χ3n) is 3.77. The topological polar surface area (TPSA) is 80.4 Å². The van der Waals surface area contributed by atoms with Gasteiger partial charge in [0.2, 0.25) is 11.5 Å². The molecule has 1 aromatic carbocycles. The molecule has 3 rings (SSSR count). The highest BCUT2D eigenvalue weighted by molar-refractivity contribution is 6.01. The van der Waals surface area contributed by atoms with Crippen LogP contribution in [0, 0.1) is 0 Å². The van der Waals surface area contributed by atoms with Crippen molar-refractivity contribution in [2.45, 2.75) is 13.0 Å². The molecule has 7 nitrogen and oxygen atoms in total. The molecule has 2 aromatic heterocycles. The van der Waals surface area contributed by atoms with E-state index in [1.807, 2.05) is 32.3 Å². The van der Waals surface area contributed by atoms with E-state index in [9.17, 15) is 9.59 Å². The van der Waals surface area contributed by atoms with Crippen LogP contribution in [0.2, 0.25) is 0 Å². The van der Waals surface area contributed by atoms with Crippen LogP contribution in [0.15, 0.2) is 39.8 Å². The first-order chi connectivity index (χ1) is 11.6. The lowest BCUT2D eigenvalue weighted by molar-refractivity contribution is -0.121. The molecule has 1 amide bonds. The zero-order chi connectivity index (χ0) is 17.1. The minimum absolute atomic E-state index is 0.0687. The number of rotatable bonds is 6. The number of furan rings is 1. The van der Waals surface area contributed by atoms with Gasteiger partial charge in [0.25, 0.3) is 5.56 Å². The highest BCUT2D eigenvalue weighted by Gasteiger charge is 2.14. The van der Waals surface area contributed by atoms with Crippen LogP contribution in [0.4, 0.5) is 0 Å². The summed E-state index contributed by atoms with van der Waals surface area (Å²) in [5.74, 6) is -0.215. The van der Waals surface area contributed by atoms with Crippen LogP contribution >= 0.6 is 0 Å². The van der Waals surface area contributed by atoms with Gasteiger partial charge in [-0.1, -0.05) is 12.1 Å². The fourth-order valence-corrected chi connectivity index (χ4v) is 2.56. The molecule has 0 spiro atoms. The number of hydrogen-bond acceptors (Lipinski definition) is 5. The Morgan fingerprint density at radius 1 is 1.33 bits per heavy atom. The van der Waals surface area contributed by atoms with Crippen molar-refractivity contribution in [3.05, 3.63) is 40.9 Å². The summed E-state index contributed by atoms with van der Waals surface area (Å²) in [5, 5.41) is 3.60. The average Bonchev–Trinajstić information content (AvgIpc) is 2.94. The number of para-hydroxylation sites is 1. The van der Waals surface area contributed by atoms with Crippen molar-refractivity contribution in [2.24, 2.45) is 0 Å². The second-order valence-corrected chi connectivity index (χ2v) is 5.96. The molecule has 0 saturated carbocycles. The number of nitrogens with one attached hydrogen (secondary N) is 1. The molecule has 3 aromatic rings. The SMILES string of the molecule is CN(C)CCCNC(=O)Cn1cnc2c(oc3ccccc32)c1=O. The average molecular weight is 328 g/mol. The zero-order valence-electron chi connectivity index (χ0n) is 13.8. The molecule has 24 heavy (non-hydrogen) atoms. The highest BCUT2D eigenvalue weighted by atomic mass is 16.3. The first kappa shape index (κ1) is 16.2. The number of aromatic nitrogens is 2. The molecule has 0 aliphatic rings. The quantitative estimate of drug-likeness (QED) is 0.688. The zero-order valence-corrected chi connectivity index (χ0v) is 13.8. The van der Waals surface area contributed by atoms with Crippen LogP contribution in [0.5, 0.6) is 0 Å². The van der Waals surface area contributed by atoms with E-state index in [1.54, 1.807) is 6.07 Å². The Hall–Kier alpha value is -2.67. The smallest absolute Gasteiger partial charge is 0.297 e. The van der Waals surface area contributed by atoms with Crippen molar-refractivity contribution < 1.29 is 9.21 Å². The molecule has 7 heteroatoms. The number of carbonyl (C=O) groups is 1. The molecule has 0 radical (unpaired) electrons. The third-order valence-corrected chi connectivity index (χ3v) is 3.77. The van der Waals surface area contributed by atoms with Crippen molar-refractivity contribution in [3.63, 3.8) is 0 Å². The van der Waals surface area contributed by atoms with Gasteiger partial charge in [-0.05, 0) is 39.2 Å². The van der Waals surface area contributed by atoms with Crippen LogP contribution in [0.3, 0.4) is 0 Å². The van der Waals surface area contributed by atoms with Gasteiger partial charge in [0.05, 0.1) is 6.33 Å². The van der Waals surface area contributed by atoms with E-state index >= 15 is 0 Å². The first-order valence-corrected chi connectivity index (χ1v) is 7.84. The number of amides is 1. The van der Waals surface area contributed by atoms with E-state index in [4.69, 9.17) is 4.42 Å². The molecule has 2 heterocycles. The van der Waals surface area contributed by atoms with E-state index < -0.39 is 0 Å². The van der Waals surface area contributed by atoms with Gasteiger partial charge in [-0.3, -0.25) is 14.2 Å². The maximum atomic E-state index is 12.5. The summed E-state index contributed by atoms with van der Waals surface area (Å²) in [7, 11) is 3.96. The number of carbonyl (C=O) groups excluding carboxylic acids is 1. The molecule has 0 unspecified atom stereocenters. The first-order valence-electron chi connectivity index (χ1n) is 7.84. The van der Waals surface area contributed by atoms with Crippen molar-refractivity contribution in [3.8, 4) is 0 Å². The minimum Gasteiger partial charge on any atom is -0.448 e. The van der Waals surface area contributed by atoms with Crippen molar-refractivity contribution >= 4 is 28.0 Å². The van der Waals surface area contributed by atoms with Gasteiger partial charge >= 0.3 is 0 Å². The Labute approximate surface area is 138 Å². The predicted octanol–water partition coefficient (Wildman–Crippen LogP) is 1.21. The predicted molar refractivity (Wildman–Crippen MR) is 92.0 cm³/mol. The fraction of sp³-hybridized carbons (Fsp3) is 0.353. The highest BCUT2D eigenvalue weighted by Crippen LogP contribution is 2.23. The second kappa shape index (κ2) is 6.84. The largest absolute Gasteiger partial charge is 0.448 e. The van der Waals surface area contributed by atoms with Crippen LogP contribution in [-0.2, 0) is 11.3 Å². The van der Waals surface area contributed by atoms with Gasteiger partial charge in [0, 0.05) is 11.9 Å². The molecule has 0 aliphatic carbocycles. The van der Waals surface area contributed by atoms with Crippen molar-refractivity contribution in [2.75, 3.05) is 27.2 Å². The van der Waals surface area contributed by atoms with Crippen LogP contribution < -0.4 is 10.9 Å². The van der Waals surface area contributed by atoms with Crippen molar-refractivity contribution in [1.29, 1.82) is 0 Å².